The number of nitrogens with zero attached hydrogens (tertiary/aromatic N) is 1. The van der Waals surface area contributed by atoms with Crippen LogP contribution in [0.4, 0.5) is 0 Å². The third-order valence-electron chi connectivity index (χ3n) is 3.39. The zero-order valence-corrected chi connectivity index (χ0v) is 10.2. The molecule has 1 aliphatic heterocycles. The Hall–Kier alpha value is -1.26. The highest BCUT2D eigenvalue weighted by molar-refractivity contribution is 6.03. The normalized spacial score (nSPS) is 18.9. The maximum Gasteiger partial charge on any atom is 0.196 e. The third-order valence-corrected chi connectivity index (χ3v) is 3.39. The molecule has 1 saturated heterocycles. The van der Waals surface area contributed by atoms with Gasteiger partial charge >= 0.3 is 0 Å². The summed E-state index contributed by atoms with van der Waals surface area (Å²) in [6.45, 7) is 3.05. The van der Waals surface area contributed by atoms with Crippen molar-refractivity contribution in [3.05, 3.63) is 29.6 Å². The molecule has 0 atom stereocenters. The van der Waals surface area contributed by atoms with Crippen LogP contribution in [0.5, 0.6) is 0 Å². The number of hydrogen-bond donors (Lipinski definition) is 0. The topological polar surface area (TPSA) is 48.4 Å². The van der Waals surface area contributed by atoms with E-state index < -0.39 is 5.60 Å². The van der Waals surface area contributed by atoms with Crippen LogP contribution in [0.1, 0.15) is 28.8 Å². The molecular formula is C13H17NO3. The number of hydrogen-bond acceptors (Lipinski definition) is 4. The van der Waals surface area contributed by atoms with Crippen LogP contribution in [0.15, 0.2) is 18.5 Å². The van der Waals surface area contributed by atoms with Gasteiger partial charge in [0.2, 0.25) is 0 Å². The van der Waals surface area contributed by atoms with E-state index in [9.17, 15) is 4.79 Å². The molecule has 4 nitrogen and oxygen atoms in total. The molecule has 92 valence electrons. The number of carbonyl (C=O) groups excluding carboxylic acids is 1. The molecule has 2 heterocycles. The zero-order chi connectivity index (χ0) is 12.3. The maximum atomic E-state index is 12.6. The second-order valence-corrected chi connectivity index (χ2v) is 4.33. The Morgan fingerprint density at radius 2 is 2.18 bits per heavy atom. The Bertz CT molecular complexity index is 411. The van der Waals surface area contributed by atoms with E-state index in [2.05, 4.69) is 4.98 Å². The molecule has 1 fully saturated rings. The van der Waals surface area contributed by atoms with Crippen molar-refractivity contribution in [2.45, 2.75) is 25.4 Å². The summed E-state index contributed by atoms with van der Waals surface area (Å²) in [6.07, 6.45) is 4.52. The highest BCUT2D eigenvalue weighted by atomic mass is 16.5. The molecule has 0 unspecified atom stereocenters. The highest BCUT2D eigenvalue weighted by Crippen LogP contribution is 2.29. The minimum atomic E-state index is -0.730. The minimum Gasteiger partial charge on any atom is -0.381 e. The van der Waals surface area contributed by atoms with Crippen molar-refractivity contribution in [1.29, 1.82) is 0 Å². The number of Topliss-reactive ketones (excluding diaryl/α,β-unsaturated/α-hetero) is 1. The largest absolute Gasteiger partial charge is 0.381 e. The van der Waals surface area contributed by atoms with Crippen LogP contribution in [0, 0.1) is 6.92 Å². The van der Waals surface area contributed by atoms with Gasteiger partial charge in [0.15, 0.2) is 5.78 Å². The Labute approximate surface area is 101 Å². The lowest BCUT2D eigenvalue weighted by Crippen LogP contribution is -2.46. The number of ether oxygens (including phenoxy) is 2. The van der Waals surface area contributed by atoms with Crippen LogP contribution < -0.4 is 0 Å². The summed E-state index contributed by atoms with van der Waals surface area (Å²) in [4.78, 5) is 16.6. The van der Waals surface area contributed by atoms with E-state index in [0.717, 1.165) is 5.56 Å². The van der Waals surface area contributed by atoms with E-state index >= 15 is 0 Å². The summed E-state index contributed by atoms with van der Waals surface area (Å²) in [5.41, 5.74) is 0.857. The summed E-state index contributed by atoms with van der Waals surface area (Å²) >= 11 is 0. The molecule has 0 radical (unpaired) electrons. The van der Waals surface area contributed by atoms with Crippen molar-refractivity contribution >= 4 is 5.78 Å². The summed E-state index contributed by atoms with van der Waals surface area (Å²) < 4.78 is 10.8. The molecule has 1 aliphatic rings. The van der Waals surface area contributed by atoms with Crippen molar-refractivity contribution < 1.29 is 14.3 Å². The molecule has 1 aromatic rings. The van der Waals surface area contributed by atoms with E-state index in [1.165, 1.54) is 0 Å². The second-order valence-electron chi connectivity index (χ2n) is 4.33. The van der Waals surface area contributed by atoms with E-state index in [4.69, 9.17) is 9.47 Å². The molecule has 2 rings (SSSR count). The average Bonchev–Trinajstić information content (AvgIpc) is 2.39. The van der Waals surface area contributed by atoms with Gasteiger partial charge in [0.1, 0.15) is 5.60 Å². The SMILES string of the molecule is COC1(C(=O)c2cnccc2C)CCOCC1. The van der Waals surface area contributed by atoms with Gasteiger partial charge in [-0.25, -0.2) is 0 Å². The minimum absolute atomic E-state index is 0.0221. The van der Waals surface area contributed by atoms with Crippen LogP contribution in [0.25, 0.3) is 0 Å². The van der Waals surface area contributed by atoms with Crippen LogP contribution in [-0.2, 0) is 9.47 Å². The predicted molar refractivity (Wildman–Crippen MR) is 63.1 cm³/mol. The van der Waals surface area contributed by atoms with Gasteiger partial charge < -0.3 is 9.47 Å². The molecule has 0 bridgehead atoms. The Morgan fingerprint density at radius 1 is 1.47 bits per heavy atom. The number of pyridine rings is 1. The zero-order valence-electron chi connectivity index (χ0n) is 10.2. The van der Waals surface area contributed by atoms with Crippen molar-refractivity contribution in [3.8, 4) is 0 Å². The molecule has 0 N–H and O–H groups in total. The molecule has 0 amide bonds. The first-order chi connectivity index (χ1) is 8.19. The molecular weight excluding hydrogens is 218 g/mol. The summed E-state index contributed by atoms with van der Waals surface area (Å²) in [7, 11) is 1.59. The molecule has 0 aromatic carbocycles. The average molecular weight is 235 g/mol. The molecule has 0 saturated carbocycles. The van der Waals surface area contributed by atoms with Gasteiger partial charge in [0.25, 0.3) is 0 Å². The summed E-state index contributed by atoms with van der Waals surface area (Å²) in [6, 6.07) is 1.84. The number of carbonyl (C=O) groups is 1. The van der Waals surface area contributed by atoms with Crippen molar-refractivity contribution in [2.75, 3.05) is 20.3 Å². The number of aromatic nitrogens is 1. The standard InChI is InChI=1S/C13H17NO3/c1-10-3-6-14-9-11(10)12(15)13(16-2)4-7-17-8-5-13/h3,6,9H,4-5,7-8H2,1-2H3. The predicted octanol–water partition coefficient (Wildman–Crippen LogP) is 1.77. The van der Waals surface area contributed by atoms with Crippen molar-refractivity contribution in [3.63, 3.8) is 0 Å². The van der Waals surface area contributed by atoms with Crippen LogP contribution >= 0.6 is 0 Å². The number of rotatable bonds is 3. The van der Waals surface area contributed by atoms with Crippen molar-refractivity contribution in [1.82, 2.24) is 4.98 Å². The van der Waals surface area contributed by atoms with E-state index in [1.54, 1.807) is 19.5 Å². The fraction of sp³-hybridized carbons (Fsp3) is 0.538. The lowest BCUT2D eigenvalue weighted by Gasteiger charge is -2.34. The first-order valence-corrected chi connectivity index (χ1v) is 5.78. The summed E-state index contributed by atoms with van der Waals surface area (Å²) in [5, 5.41) is 0. The first-order valence-electron chi connectivity index (χ1n) is 5.78. The van der Waals surface area contributed by atoms with Gasteiger partial charge in [-0.3, -0.25) is 9.78 Å². The molecule has 17 heavy (non-hydrogen) atoms. The smallest absolute Gasteiger partial charge is 0.196 e. The second kappa shape index (κ2) is 4.94. The van der Waals surface area contributed by atoms with Crippen LogP contribution in [0.3, 0.4) is 0 Å². The van der Waals surface area contributed by atoms with Gasteiger partial charge in [-0.1, -0.05) is 0 Å². The molecule has 4 heteroatoms. The van der Waals surface area contributed by atoms with E-state index in [-0.39, 0.29) is 5.78 Å². The molecule has 1 aromatic heterocycles. The fourth-order valence-corrected chi connectivity index (χ4v) is 2.17. The maximum absolute atomic E-state index is 12.6. The number of aryl methyl sites for hydroxylation is 1. The fourth-order valence-electron chi connectivity index (χ4n) is 2.17. The van der Waals surface area contributed by atoms with Gasteiger partial charge in [0.05, 0.1) is 0 Å². The Kier molecular flexibility index (Phi) is 3.54. The quantitative estimate of drug-likeness (QED) is 0.749. The monoisotopic (exact) mass is 235 g/mol. The van der Waals surface area contributed by atoms with Crippen molar-refractivity contribution in [2.24, 2.45) is 0 Å². The van der Waals surface area contributed by atoms with Gasteiger partial charge in [-0.15, -0.1) is 0 Å². The molecule has 0 aliphatic carbocycles. The lowest BCUT2D eigenvalue weighted by molar-refractivity contribution is -0.0663. The number of methoxy groups -OCH3 is 1. The molecule has 0 spiro atoms. The van der Waals surface area contributed by atoms with Gasteiger partial charge in [-0.2, -0.15) is 0 Å². The van der Waals surface area contributed by atoms with Gasteiger partial charge in [-0.05, 0) is 18.6 Å². The lowest BCUT2D eigenvalue weighted by atomic mass is 9.85. The first kappa shape index (κ1) is 12.2. The van der Waals surface area contributed by atoms with Gasteiger partial charge in [0, 0.05) is 51.1 Å². The third kappa shape index (κ3) is 2.23. The summed E-state index contributed by atoms with van der Waals surface area (Å²) in [5.74, 6) is 0.0221. The van der Waals surface area contributed by atoms with Crippen LogP contribution in [-0.4, -0.2) is 36.7 Å². The van der Waals surface area contributed by atoms with Crippen LogP contribution in [0.2, 0.25) is 0 Å². The highest BCUT2D eigenvalue weighted by Gasteiger charge is 2.41. The van der Waals surface area contributed by atoms with E-state index in [0.29, 0.717) is 31.6 Å². The number of ketones is 1. The van der Waals surface area contributed by atoms with E-state index in [1.807, 2.05) is 13.0 Å². The Balaban J connectivity index is 2.32. The Morgan fingerprint density at radius 3 is 2.76 bits per heavy atom.